The molecule has 3 fully saturated rings. The van der Waals surface area contributed by atoms with Gasteiger partial charge in [-0.25, -0.2) is 24.1 Å². The van der Waals surface area contributed by atoms with Gasteiger partial charge in [-0.05, 0) is 79.8 Å². The number of hydrogen-bond acceptors (Lipinski definition) is 7. The average molecular weight is 597 g/mol. The lowest BCUT2D eigenvalue weighted by molar-refractivity contribution is -0.117. The molecule has 226 valence electrons. The third kappa shape index (κ3) is 5.27. The molecule has 1 saturated heterocycles. The summed E-state index contributed by atoms with van der Waals surface area (Å²) >= 11 is 0. The minimum absolute atomic E-state index is 0.0423. The molecular formula is C33H33FN6O4. The van der Waals surface area contributed by atoms with Gasteiger partial charge in [0.1, 0.15) is 11.6 Å². The van der Waals surface area contributed by atoms with E-state index in [1.165, 1.54) is 11.0 Å². The van der Waals surface area contributed by atoms with Gasteiger partial charge in [0.2, 0.25) is 17.7 Å². The number of nitrogens with zero attached hydrogens (tertiary/aromatic N) is 4. The van der Waals surface area contributed by atoms with Gasteiger partial charge in [0.15, 0.2) is 0 Å². The van der Waals surface area contributed by atoms with E-state index in [0.717, 1.165) is 31.2 Å². The molecule has 11 heteroatoms. The molecule has 0 bridgehead atoms. The number of piperidine rings is 1. The third-order valence-corrected chi connectivity index (χ3v) is 9.11. The second-order valence-corrected chi connectivity index (χ2v) is 12.4. The zero-order valence-electron chi connectivity index (χ0n) is 24.5. The van der Waals surface area contributed by atoms with Crippen LogP contribution in [0.5, 0.6) is 11.6 Å². The largest absolute Gasteiger partial charge is 0.465 e. The van der Waals surface area contributed by atoms with Crippen molar-refractivity contribution in [2.24, 2.45) is 17.3 Å². The lowest BCUT2D eigenvalue weighted by Gasteiger charge is -2.35. The maximum atomic E-state index is 15.1. The van der Waals surface area contributed by atoms with E-state index in [2.05, 4.69) is 20.6 Å². The van der Waals surface area contributed by atoms with E-state index in [0.29, 0.717) is 52.7 Å². The first-order valence-corrected chi connectivity index (χ1v) is 14.9. The molecule has 2 aromatic heterocycles. The summed E-state index contributed by atoms with van der Waals surface area (Å²) in [5.74, 6) is 0.718. The molecule has 3 atom stereocenters. The molecule has 10 nitrogen and oxygen atoms in total. The number of aromatic nitrogens is 3. The highest BCUT2D eigenvalue weighted by Gasteiger charge is 2.65. The average Bonchev–Trinajstić information content (AvgIpc) is 3.94. The van der Waals surface area contributed by atoms with Gasteiger partial charge in [-0.3, -0.25) is 4.79 Å². The van der Waals surface area contributed by atoms with Gasteiger partial charge in [-0.15, -0.1) is 0 Å². The molecule has 3 heterocycles. The third-order valence-electron chi connectivity index (χ3n) is 9.11. The summed E-state index contributed by atoms with van der Waals surface area (Å²) in [6.45, 7) is 4.77. The molecule has 44 heavy (non-hydrogen) atoms. The number of nitrogens with one attached hydrogen (secondary N) is 2. The van der Waals surface area contributed by atoms with Crippen molar-refractivity contribution in [3.05, 3.63) is 66.2 Å². The van der Waals surface area contributed by atoms with Crippen LogP contribution in [0, 0.1) is 30.0 Å². The summed E-state index contributed by atoms with van der Waals surface area (Å²) in [6.07, 6.45) is 6.13. The molecular weight excluding hydrogens is 563 g/mol. The molecule has 3 N–H and O–H groups in total. The molecule has 0 radical (unpaired) electrons. The van der Waals surface area contributed by atoms with Crippen LogP contribution in [0.1, 0.15) is 38.2 Å². The zero-order chi connectivity index (χ0) is 30.6. The van der Waals surface area contributed by atoms with E-state index in [-0.39, 0.29) is 34.9 Å². The van der Waals surface area contributed by atoms with Crippen LogP contribution in [-0.2, 0) is 4.79 Å². The molecule has 2 aromatic carbocycles. The molecule has 4 aromatic rings. The Kier molecular flexibility index (Phi) is 6.83. The van der Waals surface area contributed by atoms with Crippen molar-refractivity contribution < 1.29 is 23.8 Å². The number of halogens is 1. The fourth-order valence-electron chi connectivity index (χ4n) is 6.50. The second kappa shape index (κ2) is 10.7. The normalized spacial score (nSPS) is 21.6. The number of carbonyl (C=O) groups excluding carboxylic acids is 1. The van der Waals surface area contributed by atoms with Crippen LogP contribution >= 0.6 is 0 Å². The molecule has 2 aliphatic carbocycles. The summed E-state index contributed by atoms with van der Waals surface area (Å²) in [5, 5.41) is 16.9. The van der Waals surface area contributed by atoms with Crippen molar-refractivity contribution in [3.8, 4) is 22.9 Å². The van der Waals surface area contributed by atoms with Crippen LogP contribution in [0.3, 0.4) is 0 Å². The van der Waals surface area contributed by atoms with Crippen LogP contribution in [0.15, 0.2) is 54.9 Å². The Hall–Kier alpha value is -4.80. The maximum absolute atomic E-state index is 15.1. The van der Waals surface area contributed by atoms with Crippen molar-refractivity contribution in [2.45, 2.75) is 45.6 Å². The number of rotatable bonds is 7. The molecule has 7 rings (SSSR count). The number of fused-ring (bicyclic) bond motifs is 1. The highest BCUT2D eigenvalue weighted by Crippen LogP contribution is 2.70. The summed E-state index contributed by atoms with van der Waals surface area (Å²) in [4.78, 5) is 39.5. The number of hydrogen-bond donors (Lipinski definition) is 3. The van der Waals surface area contributed by atoms with E-state index in [9.17, 15) is 14.7 Å². The molecule has 3 aliphatic rings. The highest BCUT2D eigenvalue weighted by molar-refractivity contribution is 6.06. The molecule has 2 saturated carbocycles. The summed E-state index contributed by atoms with van der Waals surface area (Å²) in [5.41, 5.74) is 2.33. The van der Waals surface area contributed by atoms with E-state index >= 15 is 4.39 Å². The number of carbonyl (C=O) groups is 2. The number of ether oxygens (including phenoxy) is 1. The summed E-state index contributed by atoms with van der Waals surface area (Å²) in [6, 6.07) is 11.9. The topological polar surface area (TPSA) is 130 Å². The Balaban J connectivity index is 1.17. The predicted octanol–water partition coefficient (Wildman–Crippen LogP) is 6.47. The van der Waals surface area contributed by atoms with E-state index in [1.54, 1.807) is 36.7 Å². The van der Waals surface area contributed by atoms with Crippen molar-refractivity contribution in [3.63, 3.8) is 0 Å². The number of amides is 2. The number of likely N-dealkylation sites (tertiary alicyclic amines) is 1. The fraction of sp³-hybridized carbons (Fsp3) is 0.364. The first-order valence-electron chi connectivity index (χ1n) is 14.9. The molecule has 2 amide bonds. The van der Waals surface area contributed by atoms with Crippen molar-refractivity contribution >= 4 is 34.4 Å². The van der Waals surface area contributed by atoms with Crippen LogP contribution < -0.4 is 15.4 Å². The van der Waals surface area contributed by atoms with Gasteiger partial charge < -0.3 is 25.4 Å². The first kappa shape index (κ1) is 28.0. The van der Waals surface area contributed by atoms with E-state index < -0.39 is 11.9 Å². The monoisotopic (exact) mass is 596 g/mol. The summed E-state index contributed by atoms with van der Waals surface area (Å²) < 4.78 is 21.5. The quantitative estimate of drug-likeness (QED) is 0.221. The Morgan fingerprint density at radius 3 is 2.66 bits per heavy atom. The summed E-state index contributed by atoms with van der Waals surface area (Å²) in [7, 11) is 0. The standard InChI is InChI=1S/C33H33FN6O4/c1-18-14-20(17-40(16-18)32(42)43)37-31-36-13-9-26(38-31)23-4-3-12-35-30(23)44-28-19(2)5-6-21-22(28)7-8-25(34)27(21)39-29(41)24-15-33(24)10-11-33/h3-9,12-13,18,20,24H,10-11,14-17H2,1-2H3,(H,39,41)(H,42,43)(H,36,37,38). The van der Waals surface area contributed by atoms with Gasteiger partial charge in [0, 0.05) is 48.2 Å². The zero-order valence-corrected chi connectivity index (χ0v) is 24.5. The predicted molar refractivity (Wildman–Crippen MR) is 163 cm³/mol. The minimum Gasteiger partial charge on any atom is -0.465 e. The lowest BCUT2D eigenvalue weighted by atomic mass is 9.96. The number of aryl methyl sites for hydroxylation is 1. The van der Waals surface area contributed by atoms with Crippen molar-refractivity contribution in [1.82, 2.24) is 19.9 Å². The number of pyridine rings is 1. The number of anilines is 2. The van der Waals surface area contributed by atoms with Gasteiger partial charge in [-0.1, -0.05) is 19.1 Å². The minimum atomic E-state index is -0.939. The van der Waals surface area contributed by atoms with Crippen LogP contribution in [0.25, 0.3) is 22.0 Å². The molecule has 1 spiro atoms. The van der Waals surface area contributed by atoms with Gasteiger partial charge in [0.05, 0.1) is 16.9 Å². The smallest absolute Gasteiger partial charge is 0.407 e. The van der Waals surface area contributed by atoms with E-state index in [4.69, 9.17) is 9.72 Å². The Bertz CT molecular complexity index is 1790. The Morgan fingerprint density at radius 1 is 1.07 bits per heavy atom. The van der Waals surface area contributed by atoms with Crippen LogP contribution in [0.2, 0.25) is 0 Å². The van der Waals surface area contributed by atoms with Crippen molar-refractivity contribution in [1.29, 1.82) is 0 Å². The van der Waals surface area contributed by atoms with Gasteiger partial charge in [-0.2, -0.15) is 0 Å². The number of carboxylic acid groups (broad SMARTS) is 1. The van der Waals surface area contributed by atoms with Crippen LogP contribution in [0.4, 0.5) is 20.8 Å². The van der Waals surface area contributed by atoms with E-state index in [1.807, 2.05) is 26.0 Å². The first-order chi connectivity index (χ1) is 21.2. The Morgan fingerprint density at radius 2 is 1.89 bits per heavy atom. The highest BCUT2D eigenvalue weighted by atomic mass is 19.1. The number of benzene rings is 2. The Labute approximate surface area is 253 Å². The van der Waals surface area contributed by atoms with Gasteiger partial charge >= 0.3 is 6.09 Å². The molecule has 1 aliphatic heterocycles. The van der Waals surface area contributed by atoms with Crippen LogP contribution in [-0.4, -0.2) is 56.1 Å². The molecule has 3 unspecified atom stereocenters. The van der Waals surface area contributed by atoms with Crippen molar-refractivity contribution in [2.75, 3.05) is 23.7 Å². The van der Waals surface area contributed by atoms with Gasteiger partial charge in [0.25, 0.3) is 0 Å². The maximum Gasteiger partial charge on any atom is 0.407 e. The second-order valence-electron chi connectivity index (χ2n) is 12.4. The lowest BCUT2D eigenvalue weighted by Crippen LogP contribution is -2.47. The SMILES string of the molecule is Cc1ccc2c(NC(=O)C3CC34CC4)c(F)ccc2c1Oc1ncccc1-c1ccnc(NC2CC(C)CN(C(=O)O)C2)n1. The fourth-order valence-corrected chi connectivity index (χ4v) is 6.50.